The van der Waals surface area contributed by atoms with Crippen LogP contribution in [0.25, 0.3) is 11.5 Å². The highest BCUT2D eigenvalue weighted by atomic mass is 19.4. The molecule has 0 N–H and O–H groups in total. The van der Waals surface area contributed by atoms with Crippen LogP contribution in [0, 0.1) is 5.92 Å². The smallest absolute Gasteiger partial charge is 0.422 e. The summed E-state index contributed by atoms with van der Waals surface area (Å²) in [5.41, 5.74) is 0.476. The fraction of sp³-hybridized carbons (Fsp3) is 0.304. The van der Waals surface area contributed by atoms with Crippen LogP contribution in [0.4, 0.5) is 13.2 Å². The van der Waals surface area contributed by atoms with Crippen LogP contribution >= 0.6 is 0 Å². The Hall–Kier alpha value is -4.09. The number of aromatic nitrogens is 2. The van der Waals surface area contributed by atoms with Crippen molar-refractivity contribution in [2.24, 2.45) is 5.92 Å². The number of pyridine rings is 1. The van der Waals surface area contributed by atoms with Gasteiger partial charge in [0.15, 0.2) is 23.9 Å². The van der Waals surface area contributed by atoms with Crippen LogP contribution < -0.4 is 14.2 Å². The first kappa shape index (κ1) is 25.5. The lowest BCUT2D eigenvalue weighted by Gasteiger charge is -2.13. The Morgan fingerprint density at radius 2 is 1.80 bits per heavy atom. The van der Waals surface area contributed by atoms with Crippen LogP contribution in [-0.2, 0) is 16.0 Å². The quantitative estimate of drug-likeness (QED) is 0.235. The summed E-state index contributed by atoms with van der Waals surface area (Å²) in [6, 6.07) is 7.30. The molecule has 0 aliphatic rings. The second-order valence-corrected chi connectivity index (χ2v) is 7.11. The number of rotatable bonds is 10. The van der Waals surface area contributed by atoms with E-state index in [4.69, 9.17) is 23.4 Å². The fourth-order valence-corrected chi connectivity index (χ4v) is 3.16. The van der Waals surface area contributed by atoms with Crippen molar-refractivity contribution in [1.29, 1.82) is 0 Å². The molecule has 0 aliphatic carbocycles. The van der Waals surface area contributed by atoms with Gasteiger partial charge in [-0.1, -0.05) is 0 Å². The zero-order chi connectivity index (χ0) is 25.6. The first-order valence-corrected chi connectivity index (χ1v) is 10.1. The van der Waals surface area contributed by atoms with Crippen molar-refractivity contribution >= 4 is 11.8 Å². The number of nitrogens with zero attached hydrogens (tertiary/aromatic N) is 2. The number of ether oxygens (including phenoxy) is 4. The van der Waals surface area contributed by atoms with Gasteiger partial charge in [0.2, 0.25) is 5.89 Å². The number of esters is 1. The number of benzene rings is 1. The number of carbonyl (C=O) groups is 2. The molecule has 0 bridgehead atoms. The SMILES string of the molecule is COC(=O)[C@@H](Cc1coc(-c2ccc(OC)c(OCC(F)(F)F)c2)n1)C(=O)c1ncccc1OC. The van der Waals surface area contributed by atoms with Crippen LogP contribution in [0.15, 0.2) is 47.2 Å². The Labute approximate surface area is 197 Å². The number of hydrogen-bond donors (Lipinski definition) is 0. The largest absolute Gasteiger partial charge is 0.494 e. The molecule has 186 valence electrons. The molecule has 0 amide bonds. The average Bonchev–Trinajstić information content (AvgIpc) is 3.33. The number of methoxy groups -OCH3 is 3. The molecule has 1 aromatic carbocycles. The number of alkyl halides is 3. The number of hydrogen-bond acceptors (Lipinski definition) is 9. The molecule has 35 heavy (non-hydrogen) atoms. The molecule has 0 saturated heterocycles. The Morgan fingerprint density at radius 3 is 2.46 bits per heavy atom. The summed E-state index contributed by atoms with van der Waals surface area (Å²) in [7, 11) is 3.80. The maximum absolute atomic E-state index is 13.1. The highest BCUT2D eigenvalue weighted by Gasteiger charge is 2.33. The van der Waals surface area contributed by atoms with Gasteiger partial charge >= 0.3 is 12.1 Å². The summed E-state index contributed by atoms with van der Waals surface area (Å²) in [4.78, 5) is 33.7. The number of ketones is 1. The Balaban J connectivity index is 1.86. The molecule has 0 fully saturated rings. The molecule has 3 aromatic rings. The predicted molar refractivity (Wildman–Crippen MR) is 114 cm³/mol. The van der Waals surface area contributed by atoms with Crippen molar-refractivity contribution in [1.82, 2.24) is 9.97 Å². The number of Topliss-reactive ketones (excluding diaryl/α,β-unsaturated/α-hetero) is 1. The maximum Gasteiger partial charge on any atom is 0.422 e. The van der Waals surface area contributed by atoms with E-state index in [0.717, 1.165) is 7.11 Å². The van der Waals surface area contributed by atoms with E-state index in [9.17, 15) is 22.8 Å². The summed E-state index contributed by atoms with van der Waals surface area (Å²) in [5.74, 6) is -2.57. The average molecular weight is 494 g/mol. The highest BCUT2D eigenvalue weighted by molar-refractivity contribution is 6.09. The van der Waals surface area contributed by atoms with E-state index >= 15 is 0 Å². The van der Waals surface area contributed by atoms with Gasteiger partial charge in [-0.25, -0.2) is 9.97 Å². The summed E-state index contributed by atoms with van der Waals surface area (Å²) in [6.07, 6.45) is -2.10. The summed E-state index contributed by atoms with van der Waals surface area (Å²) in [6.45, 7) is -1.51. The van der Waals surface area contributed by atoms with Crippen LogP contribution in [0.3, 0.4) is 0 Å². The van der Waals surface area contributed by atoms with Crippen molar-refractivity contribution in [3.63, 3.8) is 0 Å². The van der Waals surface area contributed by atoms with Crippen LogP contribution in [0.2, 0.25) is 0 Å². The Kier molecular flexibility index (Phi) is 7.94. The third-order valence-electron chi connectivity index (χ3n) is 4.79. The lowest BCUT2D eigenvalue weighted by Crippen LogP contribution is -2.28. The van der Waals surface area contributed by atoms with Gasteiger partial charge in [-0.15, -0.1) is 0 Å². The van der Waals surface area contributed by atoms with Gasteiger partial charge in [0.1, 0.15) is 23.6 Å². The van der Waals surface area contributed by atoms with Crippen LogP contribution in [0.5, 0.6) is 17.2 Å². The van der Waals surface area contributed by atoms with E-state index in [-0.39, 0.29) is 40.9 Å². The summed E-state index contributed by atoms with van der Waals surface area (Å²) >= 11 is 0. The van der Waals surface area contributed by atoms with Gasteiger partial charge in [0, 0.05) is 18.2 Å². The second kappa shape index (κ2) is 10.9. The highest BCUT2D eigenvalue weighted by Crippen LogP contribution is 2.34. The van der Waals surface area contributed by atoms with Gasteiger partial charge in [-0.05, 0) is 30.3 Å². The molecule has 9 nitrogen and oxygen atoms in total. The molecule has 2 heterocycles. The van der Waals surface area contributed by atoms with E-state index in [1.54, 1.807) is 6.07 Å². The topological polar surface area (TPSA) is 110 Å². The molecule has 0 spiro atoms. The van der Waals surface area contributed by atoms with Gasteiger partial charge < -0.3 is 23.4 Å². The Morgan fingerprint density at radius 1 is 1.06 bits per heavy atom. The van der Waals surface area contributed by atoms with Crippen molar-refractivity contribution in [2.45, 2.75) is 12.6 Å². The van der Waals surface area contributed by atoms with E-state index in [1.165, 1.54) is 50.9 Å². The first-order chi connectivity index (χ1) is 16.7. The standard InChI is InChI=1S/C23H21F3N2O7/c1-31-16-7-6-13(9-18(16)35-12-23(24,25)26)21-28-14(11-34-21)10-15(22(30)33-3)20(29)19-17(32-2)5-4-8-27-19/h4-9,11,15H,10,12H2,1-3H3/t15-/m0/s1. The van der Waals surface area contributed by atoms with Crippen molar-refractivity contribution < 1.29 is 46.1 Å². The molecule has 3 rings (SSSR count). The van der Waals surface area contributed by atoms with E-state index in [1.807, 2.05) is 0 Å². The normalized spacial score (nSPS) is 12.1. The van der Waals surface area contributed by atoms with Crippen molar-refractivity contribution in [2.75, 3.05) is 27.9 Å². The van der Waals surface area contributed by atoms with Crippen molar-refractivity contribution in [3.05, 3.63) is 54.2 Å². The molecule has 1 atom stereocenters. The van der Waals surface area contributed by atoms with Gasteiger partial charge in [-0.2, -0.15) is 13.2 Å². The van der Waals surface area contributed by atoms with Gasteiger partial charge in [0.25, 0.3) is 0 Å². The molecular weight excluding hydrogens is 473 g/mol. The lowest BCUT2D eigenvalue weighted by atomic mass is 9.95. The molecule has 0 aliphatic heterocycles. The predicted octanol–water partition coefficient (Wildman–Crippen LogP) is 3.91. The van der Waals surface area contributed by atoms with E-state index in [2.05, 4.69) is 9.97 Å². The Bertz CT molecular complexity index is 1190. The molecule has 0 saturated carbocycles. The minimum Gasteiger partial charge on any atom is -0.494 e. The monoisotopic (exact) mass is 494 g/mol. The third kappa shape index (κ3) is 6.28. The third-order valence-corrected chi connectivity index (χ3v) is 4.79. The number of carbonyl (C=O) groups excluding carboxylic acids is 2. The maximum atomic E-state index is 13.1. The molecule has 0 unspecified atom stereocenters. The van der Waals surface area contributed by atoms with Crippen LogP contribution in [0.1, 0.15) is 16.2 Å². The summed E-state index contributed by atoms with van der Waals surface area (Å²) < 4.78 is 63.0. The first-order valence-electron chi connectivity index (χ1n) is 10.1. The number of halogens is 3. The molecule has 0 radical (unpaired) electrons. The van der Waals surface area contributed by atoms with Crippen LogP contribution in [-0.4, -0.2) is 55.8 Å². The van der Waals surface area contributed by atoms with Gasteiger partial charge in [0.05, 0.1) is 27.0 Å². The molecule has 2 aromatic heterocycles. The zero-order valence-electron chi connectivity index (χ0n) is 18.9. The minimum absolute atomic E-state index is 0.0333. The number of oxazole rings is 1. The van der Waals surface area contributed by atoms with E-state index in [0.29, 0.717) is 5.56 Å². The van der Waals surface area contributed by atoms with Crippen molar-refractivity contribution in [3.8, 4) is 28.7 Å². The molecule has 12 heteroatoms. The summed E-state index contributed by atoms with van der Waals surface area (Å²) in [5, 5.41) is 0. The minimum atomic E-state index is -4.54. The van der Waals surface area contributed by atoms with Gasteiger partial charge in [-0.3, -0.25) is 9.59 Å². The fourth-order valence-electron chi connectivity index (χ4n) is 3.16. The zero-order valence-corrected chi connectivity index (χ0v) is 18.9. The van der Waals surface area contributed by atoms with E-state index < -0.39 is 30.5 Å². The molecular formula is C23H21F3N2O7. The second-order valence-electron chi connectivity index (χ2n) is 7.11. The lowest BCUT2D eigenvalue weighted by molar-refractivity contribution is -0.153.